The summed E-state index contributed by atoms with van der Waals surface area (Å²) in [6.45, 7) is 3.56. The lowest BCUT2D eigenvalue weighted by Crippen LogP contribution is -2.35. The highest BCUT2D eigenvalue weighted by molar-refractivity contribution is 5.98. The average Bonchev–Trinajstić information content (AvgIpc) is 3.55. The van der Waals surface area contributed by atoms with Crippen LogP contribution in [0.2, 0.25) is 0 Å². The zero-order valence-corrected chi connectivity index (χ0v) is 17.7. The van der Waals surface area contributed by atoms with Crippen LogP contribution in [0.15, 0.2) is 67.1 Å². The molecular weight excluding hydrogens is 384 g/mol. The number of hydrogen-bond donors (Lipinski definition) is 1. The van der Waals surface area contributed by atoms with Crippen molar-refractivity contribution in [2.45, 2.75) is 26.2 Å². The number of rotatable bonds is 7. The van der Waals surface area contributed by atoms with E-state index in [4.69, 9.17) is 0 Å². The number of aromatic nitrogens is 3. The molecule has 0 radical (unpaired) electrons. The minimum absolute atomic E-state index is 0.0325. The van der Waals surface area contributed by atoms with Crippen molar-refractivity contribution in [3.63, 3.8) is 0 Å². The quantitative estimate of drug-likeness (QED) is 0.465. The number of benzene rings is 2. The normalized spacial score (nSPS) is 13.5. The Morgan fingerprint density at radius 3 is 2.71 bits per heavy atom. The fourth-order valence-corrected chi connectivity index (χ4v) is 4.09. The van der Waals surface area contributed by atoms with Gasteiger partial charge in [0.1, 0.15) is 5.69 Å². The lowest BCUT2D eigenvalue weighted by atomic mass is 10.1. The van der Waals surface area contributed by atoms with Gasteiger partial charge in [0, 0.05) is 48.1 Å². The summed E-state index contributed by atoms with van der Waals surface area (Å²) in [4.78, 5) is 27.9. The van der Waals surface area contributed by atoms with Gasteiger partial charge >= 0.3 is 0 Å². The molecule has 1 N–H and O–H groups in total. The van der Waals surface area contributed by atoms with Gasteiger partial charge in [-0.3, -0.25) is 9.78 Å². The van der Waals surface area contributed by atoms with E-state index in [1.807, 2.05) is 35.2 Å². The molecule has 4 aromatic rings. The van der Waals surface area contributed by atoms with E-state index in [9.17, 15) is 4.79 Å². The van der Waals surface area contributed by atoms with E-state index >= 15 is 0 Å². The molecule has 1 fully saturated rings. The number of nitrogens with one attached hydrogen (secondary N) is 1. The molecule has 156 valence electrons. The smallest absolute Gasteiger partial charge is 0.274 e. The highest BCUT2D eigenvalue weighted by atomic mass is 16.2. The molecule has 0 aliphatic heterocycles. The zero-order valence-electron chi connectivity index (χ0n) is 17.7. The zero-order chi connectivity index (χ0) is 21.2. The summed E-state index contributed by atoms with van der Waals surface area (Å²) < 4.78 is 0. The molecule has 31 heavy (non-hydrogen) atoms. The van der Waals surface area contributed by atoms with Crippen LogP contribution in [-0.2, 0) is 6.42 Å². The first-order valence-electron chi connectivity index (χ1n) is 10.9. The van der Waals surface area contributed by atoms with Gasteiger partial charge in [0.05, 0.1) is 0 Å². The van der Waals surface area contributed by atoms with E-state index in [1.165, 1.54) is 29.4 Å². The summed E-state index contributed by atoms with van der Waals surface area (Å²) in [5, 5.41) is 1.24. The van der Waals surface area contributed by atoms with Crippen LogP contribution in [0.25, 0.3) is 22.2 Å². The second-order valence-corrected chi connectivity index (χ2v) is 8.43. The van der Waals surface area contributed by atoms with Crippen LogP contribution in [0.3, 0.4) is 0 Å². The highest BCUT2D eigenvalue weighted by Gasteiger charge is 2.29. The van der Waals surface area contributed by atoms with Crippen LogP contribution in [0.1, 0.15) is 34.5 Å². The van der Waals surface area contributed by atoms with Crippen molar-refractivity contribution in [1.82, 2.24) is 19.9 Å². The standard InChI is InChI=1S/C26H26N4O/c1-18-7-10-23-22(15-18)21(16-29-23)11-14-30(17-19-8-9-19)26(31)25-24(27-12-13-28-25)20-5-3-2-4-6-20/h2-7,10,12-13,15-16,19,29H,8-9,11,14,17H2,1H3. The Hall–Kier alpha value is -3.47. The van der Waals surface area contributed by atoms with E-state index in [0.29, 0.717) is 23.9 Å². The lowest BCUT2D eigenvalue weighted by Gasteiger charge is -2.23. The molecule has 0 atom stereocenters. The maximum Gasteiger partial charge on any atom is 0.274 e. The molecule has 5 heteroatoms. The molecule has 0 spiro atoms. The number of H-pyrrole nitrogens is 1. The Morgan fingerprint density at radius 2 is 1.90 bits per heavy atom. The number of carbonyl (C=O) groups is 1. The van der Waals surface area contributed by atoms with Crippen molar-refractivity contribution in [3.8, 4) is 11.3 Å². The van der Waals surface area contributed by atoms with Crippen LogP contribution in [0, 0.1) is 12.8 Å². The molecule has 5 rings (SSSR count). The van der Waals surface area contributed by atoms with Crippen molar-refractivity contribution in [2.75, 3.05) is 13.1 Å². The highest BCUT2D eigenvalue weighted by Crippen LogP contribution is 2.31. The van der Waals surface area contributed by atoms with Gasteiger partial charge in [-0.1, -0.05) is 42.0 Å². The largest absolute Gasteiger partial charge is 0.361 e. The van der Waals surface area contributed by atoms with Gasteiger partial charge in [-0.25, -0.2) is 4.98 Å². The van der Waals surface area contributed by atoms with Gasteiger partial charge in [0.25, 0.3) is 5.91 Å². The minimum Gasteiger partial charge on any atom is -0.361 e. The van der Waals surface area contributed by atoms with E-state index in [1.54, 1.807) is 12.4 Å². The predicted molar refractivity (Wildman–Crippen MR) is 123 cm³/mol. The maximum absolute atomic E-state index is 13.6. The number of carbonyl (C=O) groups excluding carboxylic acids is 1. The summed E-state index contributed by atoms with van der Waals surface area (Å²) in [5.74, 6) is 0.570. The van der Waals surface area contributed by atoms with Crippen LogP contribution in [0.4, 0.5) is 0 Å². The Morgan fingerprint density at radius 1 is 1.10 bits per heavy atom. The fraction of sp³-hybridized carbons (Fsp3) is 0.269. The first-order valence-corrected chi connectivity index (χ1v) is 10.9. The van der Waals surface area contributed by atoms with Gasteiger partial charge in [-0.15, -0.1) is 0 Å². The number of hydrogen-bond acceptors (Lipinski definition) is 3. The summed E-state index contributed by atoms with van der Waals surface area (Å²) in [6, 6.07) is 16.3. The third-order valence-corrected chi connectivity index (χ3v) is 5.98. The molecule has 2 heterocycles. The van der Waals surface area contributed by atoms with Crippen LogP contribution in [-0.4, -0.2) is 38.8 Å². The Kier molecular flexibility index (Phi) is 5.24. The van der Waals surface area contributed by atoms with Gasteiger partial charge in [-0.05, 0) is 49.8 Å². The van der Waals surface area contributed by atoms with Crippen LogP contribution >= 0.6 is 0 Å². The molecule has 1 amide bonds. The number of aromatic amines is 1. The van der Waals surface area contributed by atoms with Crippen molar-refractivity contribution in [1.29, 1.82) is 0 Å². The van der Waals surface area contributed by atoms with Crippen LogP contribution < -0.4 is 0 Å². The molecule has 5 nitrogen and oxygen atoms in total. The van der Waals surface area contributed by atoms with E-state index < -0.39 is 0 Å². The van der Waals surface area contributed by atoms with E-state index in [2.05, 4.69) is 46.3 Å². The maximum atomic E-state index is 13.6. The second-order valence-electron chi connectivity index (χ2n) is 8.43. The first-order chi connectivity index (χ1) is 15.2. The first kappa shape index (κ1) is 19.5. The van der Waals surface area contributed by atoms with Crippen LogP contribution in [0.5, 0.6) is 0 Å². The topological polar surface area (TPSA) is 61.9 Å². The number of aryl methyl sites for hydroxylation is 1. The molecule has 1 aliphatic carbocycles. The SMILES string of the molecule is Cc1ccc2[nH]cc(CCN(CC3CC3)C(=O)c3nccnc3-c3ccccc3)c2c1. The van der Waals surface area contributed by atoms with Gasteiger partial charge in [0.15, 0.2) is 5.69 Å². The van der Waals surface area contributed by atoms with Crippen molar-refractivity contribution < 1.29 is 4.79 Å². The molecule has 0 bridgehead atoms. The average molecular weight is 411 g/mol. The monoisotopic (exact) mass is 410 g/mol. The van der Waals surface area contributed by atoms with Gasteiger partial charge < -0.3 is 9.88 Å². The fourth-order valence-electron chi connectivity index (χ4n) is 4.09. The van der Waals surface area contributed by atoms with E-state index in [0.717, 1.165) is 24.0 Å². The van der Waals surface area contributed by atoms with Gasteiger partial charge in [-0.2, -0.15) is 0 Å². The summed E-state index contributed by atoms with van der Waals surface area (Å²) >= 11 is 0. The van der Waals surface area contributed by atoms with Gasteiger partial charge in [0.2, 0.25) is 0 Å². The molecule has 2 aromatic carbocycles. The van der Waals surface area contributed by atoms with Crippen molar-refractivity contribution in [3.05, 3.63) is 83.9 Å². The molecular formula is C26H26N4O. The Bertz CT molecular complexity index is 1210. The second kappa shape index (κ2) is 8.34. The molecule has 1 aliphatic rings. The third-order valence-electron chi connectivity index (χ3n) is 5.98. The predicted octanol–water partition coefficient (Wildman–Crippen LogP) is 5.03. The molecule has 2 aromatic heterocycles. The van der Waals surface area contributed by atoms with Crippen molar-refractivity contribution in [2.24, 2.45) is 5.92 Å². The summed E-state index contributed by atoms with van der Waals surface area (Å²) in [5.41, 5.74) is 5.63. The lowest BCUT2D eigenvalue weighted by molar-refractivity contribution is 0.0744. The molecule has 1 saturated carbocycles. The Balaban J connectivity index is 1.41. The molecule has 0 unspecified atom stereocenters. The number of nitrogens with zero attached hydrogens (tertiary/aromatic N) is 3. The Labute approximate surface area is 182 Å². The summed E-state index contributed by atoms with van der Waals surface area (Å²) in [7, 11) is 0. The van der Waals surface area contributed by atoms with E-state index in [-0.39, 0.29) is 5.91 Å². The minimum atomic E-state index is -0.0325. The van der Waals surface area contributed by atoms with Crippen molar-refractivity contribution >= 4 is 16.8 Å². The number of fused-ring (bicyclic) bond motifs is 1. The third kappa shape index (κ3) is 4.22. The number of amides is 1. The summed E-state index contributed by atoms with van der Waals surface area (Å²) in [6.07, 6.45) is 8.53. The molecule has 0 saturated heterocycles.